The fourth-order valence-electron chi connectivity index (χ4n) is 1.19. The largest absolute Gasteiger partial charge is 0.319 e. The molecule has 1 heterocycles. The van der Waals surface area contributed by atoms with Crippen molar-refractivity contribution < 1.29 is 9.18 Å². The van der Waals surface area contributed by atoms with Crippen LogP contribution in [0.2, 0.25) is 0 Å². The highest BCUT2D eigenvalue weighted by Gasteiger charge is 2.46. The van der Waals surface area contributed by atoms with Crippen LogP contribution in [0.5, 0.6) is 0 Å². The van der Waals surface area contributed by atoms with E-state index in [-0.39, 0.29) is 11.3 Å². The van der Waals surface area contributed by atoms with E-state index in [1.54, 1.807) is 0 Å². The number of nitrogens with two attached hydrogens (primary N) is 1. The lowest BCUT2D eigenvalue weighted by Gasteiger charge is -2.06. The molecular weight excluding hydrogens is 171 g/mol. The summed E-state index contributed by atoms with van der Waals surface area (Å²) in [7, 11) is 0. The van der Waals surface area contributed by atoms with Crippen LogP contribution in [-0.2, 0) is 0 Å². The molecule has 0 saturated heterocycles. The molecule has 0 unspecified atom stereocenters. The monoisotopic (exact) mass is 180 g/mol. The second-order valence-corrected chi connectivity index (χ2v) is 3.34. The SMILES string of the molecule is NC1(C(=O)c2ccncc2F)CC1. The van der Waals surface area contributed by atoms with Crippen LogP contribution in [0.3, 0.4) is 0 Å². The number of Topliss-reactive ketones (excluding diaryl/α,β-unsaturated/α-hetero) is 1. The van der Waals surface area contributed by atoms with Gasteiger partial charge < -0.3 is 5.73 Å². The number of halogens is 1. The van der Waals surface area contributed by atoms with Gasteiger partial charge in [-0.3, -0.25) is 9.78 Å². The van der Waals surface area contributed by atoms with Gasteiger partial charge in [-0.1, -0.05) is 0 Å². The van der Waals surface area contributed by atoms with Crippen molar-refractivity contribution in [2.24, 2.45) is 5.73 Å². The highest BCUT2D eigenvalue weighted by molar-refractivity contribution is 6.05. The minimum absolute atomic E-state index is 0.0509. The van der Waals surface area contributed by atoms with Gasteiger partial charge in [-0.2, -0.15) is 0 Å². The van der Waals surface area contributed by atoms with E-state index < -0.39 is 11.4 Å². The zero-order valence-corrected chi connectivity index (χ0v) is 6.96. The quantitative estimate of drug-likeness (QED) is 0.688. The van der Waals surface area contributed by atoms with Crippen molar-refractivity contribution in [3.8, 4) is 0 Å². The first-order chi connectivity index (χ1) is 6.13. The fraction of sp³-hybridized carbons (Fsp3) is 0.333. The molecule has 1 aromatic heterocycles. The highest BCUT2D eigenvalue weighted by atomic mass is 19.1. The molecule has 2 N–H and O–H groups in total. The first-order valence-corrected chi connectivity index (χ1v) is 4.07. The van der Waals surface area contributed by atoms with E-state index in [4.69, 9.17) is 5.73 Å². The second kappa shape index (κ2) is 2.60. The van der Waals surface area contributed by atoms with Gasteiger partial charge >= 0.3 is 0 Å². The molecule has 3 nitrogen and oxygen atoms in total. The Hall–Kier alpha value is -1.29. The minimum Gasteiger partial charge on any atom is -0.319 e. The lowest BCUT2D eigenvalue weighted by molar-refractivity contribution is 0.0945. The maximum absolute atomic E-state index is 13.1. The average molecular weight is 180 g/mol. The van der Waals surface area contributed by atoms with Gasteiger partial charge in [0.15, 0.2) is 11.6 Å². The number of aromatic nitrogens is 1. The van der Waals surface area contributed by atoms with Crippen molar-refractivity contribution in [1.29, 1.82) is 0 Å². The lowest BCUT2D eigenvalue weighted by atomic mass is 10.0. The molecule has 68 valence electrons. The summed E-state index contributed by atoms with van der Waals surface area (Å²) in [4.78, 5) is 15.1. The minimum atomic E-state index is -0.803. The van der Waals surface area contributed by atoms with Crippen LogP contribution in [0, 0.1) is 5.82 Å². The molecule has 0 radical (unpaired) electrons. The predicted octanol–water partition coefficient (Wildman–Crippen LogP) is 0.895. The number of ketones is 1. The molecule has 0 aromatic carbocycles. The third-order valence-corrected chi connectivity index (χ3v) is 2.26. The lowest BCUT2D eigenvalue weighted by Crippen LogP contribution is -2.33. The number of carbonyl (C=O) groups excluding carboxylic acids is 1. The van der Waals surface area contributed by atoms with Gasteiger partial charge in [0.05, 0.1) is 17.3 Å². The molecule has 1 fully saturated rings. The van der Waals surface area contributed by atoms with Crippen LogP contribution >= 0.6 is 0 Å². The Labute approximate surface area is 74.8 Å². The molecule has 1 aliphatic carbocycles. The maximum atomic E-state index is 13.1. The van der Waals surface area contributed by atoms with Gasteiger partial charge in [-0.25, -0.2) is 4.39 Å². The molecule has 1 aromatic rings. The van der Waals surface area contributed by atoms with Crippen LogP contribution in [0.15, 0.2) is 18.5 Å². The van der Waals surface area contributed by atoms with Crippen LogP contribution < -0.4 is 5.73 Å². The molecule has 13 heavy (non-hydrogen) atoms. The molecule has 0 amide bonds. The summed E-state index contributed by atoms with van der Waals surface area (Å²) in [5.41, 5.74) is 4.90. The fourth-order valence-corrected chi connectivity index (χ4v) is 1.19. The van der Waals surface area contributed by atoms with Gasteiger partial charge in [0, 0.05) is 6.20 Å². The number of hydrogen-bond donors (Lipinski definition) is 1. The van der Waals surface area contributed by atoms with E-state index in [9.17, 15) is 9.18 Å². The summed E-state index contributed by atoms with van der Waals surface area (Å²) in [5, 5.41) is 0. The second-order valence-electron chi connectivity index (χ2n) is 3.34. The highest BCUT2D eigenvalue weighted by Crippen LogP contribution is 2.35. The third kappa shape index (κ3) is 1.33. The van der Waals surface area contributed by atoms with Gasteiger partial charge in [0.1, 0.15) is 0 Å². The van der Waals surface area contributed by atoms with E-state index in [1.165, 1.54) is 12.3 Å². The Balaban J connectivity index is 2.36. The van der Waals surface area contributed by atoms with E-state index >= 15 is 0 Å². The third-order valence-electron chi connectivity index (χ3n) is 2.26. The van der Waals surface area contributed by atoms with Crippen molar-refractivity contribution in [1.82, 2.24) is 4.98 Å². The van der Waals surface area contributed by atoms with E-state index in [0.29, 0.717) is 12.8 Å². The van der Waals surface area contributed by atoms with E-state index in [1.807, 2.05) is 0 Å². The van der Waals surface area contributed by atoms with Crippen molar-refractivity contribution in [2.45, 2.75) is 18.4 Å². The van der Waals surface area contributed by atoms with Crippen molar-refractivity contribution in [3.63, 3.8) is 0 Å². The first-order valence-electron chi connectivity index (χ1n) is 4.07. The Kier molecular flexibility index (Phi) is 1.66. The average Bonchev–Trinajstić information content (AvgIpc) is 2.85. The predicted molar refractivity (Wildman–Crippen MR) is 44.7 cm³/mol. The van der Waals surface area contributed by atoms with E-state index in [2.05, 4.69) is 4.98 Å². The molecule has 0 spiro atoms. The molecule has 1 aliphatic rings. The standard InChI is InChI=1S/C9H9FN2O/c10-7-5-12-4-1-6(7)8(13)9(11)2-3-9/h1,4-5H,2-3,11H2. The number of nitrogens with zero attached hydrogens (tertiary/aromatic N) is 1. The first kappa shape index (κ1) is 8.31. The van der Waals surface area contributed by atoms with Crippen molar-refractivity contribution in [3.05, 3.63) is 29.8 Å². The summed E-state index contributed by atoms with van der Waals surface area (Å²) < 4.78 is 13.1. The summed E-state index contributed by atoms with van der Waals surface area (Å²) in [6, 6.07) is 1.37. The molecule has 2 rings (SSSR count). The number of carbonyl (C=O) groups is 1. The summed E-state index contributed by atoms with van der Waals surface area (Å²) in [5.74, 6) is -0.906. The smallest absolute Gasteiger partial charge is 0.185 e. The molecular formula is C9H9FN2O. The topological polar surface area (TPSA) is 56.0 Å². The number of hydrogen-bond acceptors (Lipinski definition) is 3. The normalized spacial score (nSPS) is 18.3. The Bertz CT molecular complexity index is 360. The van der Waals surface area contributed by atoms with E-state index in [0.717, 1.165) is 6.20 Å². The summed E-state index contributed by atoms with van der Waals surface area (Å²) in [6.45, 7) is 0. The molecule has 0 aliphatic heterocycles. The van der Waals surface area contributed by atoms with Crippen molar-refractivity contribution >= 4 is 5.78 Å². The van der Waals surface area contributed by atoms with Gasteiger partial charge in [0.25, 0.3) is 0 Å². The van der Waals surface area contributed by atoms with Crippen LogP contribution in [-0.4, -0.2) is 16.3 Å². The summed E-state index contributed by atoms with van der Waals surface area (Å²) in [6.07, 6.45) is 3.71. The van der Waals surface area contributed by atoms with Crippen LogP contribution in [0.4, 0.5) is 4.39 Å². The van der Waals surface area contributed by atoms with Crippen LogP contribution in [0.25, 0.3) is 0 Å². The van der Waals surface area contributed by atoms with Crippen LogP contribution in [0.1, 0.15) is 23.2 Å². The maximum Gasteiger partial charge on any atom is 0.185 e. The number of pyridine rings is 1. The molecule has 4 heteroatoms. The molecule has 0 atom stereocenters. The Morgan fingerprint density at radius 3 is 2.85 bits per heavy atom. The van der Waals surface area contributed by atoms with Gasteiger partial charge in [-0.15, -0.1) is 0 Å². The van der Waals surface area contributed by atoms with Gasteiger partial charge in [-0.05, 0) is 18.9 Å². The Morgan fingerprint density at radius 1 is 1.62 bits per heavy atom. The zero-order chi connectivity index (χ0) is 9.47. The molecule has 0 bridgehead atoms. The Morgan fingerprint density at radius 2 is 2.31 bits per heavy atom. The molecule has 1 saturated carbocycles. The van der Waals surface area contributed by atoms with Crippen molar-refractivity contribution in [2.75, 3.05) is 0 Å². The zero-order valence-electron chi connectivity index (χ0n) is 6.96. The number of rotatable bonds is 2. The summed E-state index contributed by atoms with van der Waals surface area (Å²) >= 11 is 0. The van der Waals surface area contributed by atoms with Gasteiger partial charge in [0.2, 0.25) is 0 Å².